The van der Waals surface area contributed by atoms with Crippen LogP contribution in [0.15, 0.2) is 24.3 Å². The molecule has 2 rings (SSSR count). The zero-order chi connectivity index (χ0) is 17.4. The summed E-state index contributed by atoms with van der Waals surface area (Å²) in [6.45, 7) is 5.51. The molecule has 0 bridgehead atoms. The number of amides is 2. The minimum atomic E-state index is -0.274. The molecule has 24 heavy (non-hydrogen) atoms. The molecule has 1 fully saturated rings. The highest BCUT2D eigenvalue weighted by atomic mass is 19.1. The lowest BCUT2D eigenvalue weighted by atomic mass is 10.0. The van der Waals surface area contributed by atoms with Gasteiger partial charge in [-0.25, -0.2) is 9.18 Å². The van der Waals surface area contributed by atoms with Crippen LogP contribution in [0.1, 0.15) is 18.5 Å². The first-order valence-corrected chi connectivity index (χ1v) is 8.20. The van der Waals surface area contributed by atoms with Crippen molar-refractivity contribution in [2.45, 2.75) is 19.0 Å². The van der Waals surface area contributed by atoms with E-state index < -0.39 is 0 Å². The maximum absolute atomic E-state index is 13.6. The lowest BCUT2D eigenvalue weighted by molar-refractivity contribution is 0.0166. The second-order valence-corrected chi connectivity index (χ2v) is 5.93. The molecule has 0 spiro atoms. The van der Waals surface area contributed by atoms with Crippen molar-refractivity contribution in [3.8, 4) is 0 Å². The first kappa shape index (κ1) is 18.6. The molecule has 2 amide bonds. The Morgan fingerprint density at radius 1 is 1.42 bits per heavy atom. The molecule has 1 aromatic carbocycles. The van der Waals surface area contributed by atoms with Crippen LogP contribution < -0.4 is 10.6 Å². The van der Waals surface area contributed by atoms with Crippen molar-refractivity contribution in [3.05, 3.63) is 35.6 Å². The van der Waals surface area contributed by atoms with Crippen molar-refractivity contribution in [1.82, 2.24) is 15.5 Å². The van der Waals surface area contributed by atoms with Crippen molar-refractivity contribution in [3.63, 3.8) is 0 Å². The molecule has 0 unspecified atom stereocenters. The van der Waals surface area contributed by atoms with Crippen molar-refractivity contribution in [2.75, 3.05) is 46.6 Å². The molecule has 1 heterocycles. The van der Waals surface area contributed by atoms with Crippen LogP contribution in [0.25, 0.3) is 0 Å². The van der Waals surface area contributed by atoms with Crippen LogP contribution in [0.3, 0.4) is 0 Å². The second kappa shape index (κ2) is 9.56. The Morgan fingerprint density at radius 2 is 2.17 bits per heavy atom. The van der Waals surface area contributed by atoms with Crippen molar-refractivity contribution >= 4 is 6.03 Å². The Morgan fingerprint density at radius 3 is 2.83 bits per heavy atom. The summed E-state index contributed by atoms with van der Waals surface area (Å²) < 4.78 is 24.0. The molecule has 1 aliphatic rings. The summed E-state index contributed by atoms with van der Waals surface area (Å²) in [6, 6.07) is 6.10. The first-order chi connectivity index (χ1) is 11.6. The molecule has 1 aliphatic heterocycles. The number of rotatable bonds is 7. The van der Waals surface area contributed by atoms with Gasteiger partial charge in [-0.2, -0.15) is 0 Å². The van der Waals surface area contributed by atoms with Crippen molar-refractivity contribution in [2.24, 2.45) is 0 Å². The van der Waals surface area contributed by atoms with E-state index in [0.717, 1.165) is 18.7 Å². The fraction of sp³-hybridized carbons (Fsp3) is 0.588. The molecular formula is C17H26FN3O3. The number of ether oxygens (including phenoxy) is 2. The van der Waals surface area contributed by atoms with Gasteiger partial charge in [-0.05, 0) is 24.6 Å². The number of methoxy groups -OCH3 is 1. The minimum Gasteiger partial charge on any atom is -0.383 e. The fourth-order valence-electron chi connectivity index (χ4n) is 2.82. The Hall–Kier alpha value is -1.70. The highest BCUT2D eigenvalue weighted by Crippen LogP contribution is 2.22. The van der Waals surface area contributed by atoms with E-state index in [-0.39, 0.29) is 23.9 Å². The summed E-state index contributed by atoms with van der Waals surface area (Å²) >= 11 is 0. The van der Waals surface area contributed by atoms with E-state index in [0.29, 0.717) is 26.4 Å². The molecule has 0 saturated carbocycles. The highest BCUT2D eigenvalue weighted by molar-refractivity contribution is 5.74. The third-order valence-corrected chi connectivity index (χ3v) is 3.97. The predicted octanol–water partition coefficient (Wildman–Crippen LogP) is 1.53. The van der Waals surface area contributed by atoms with E-state index in [1.165, 1.54) is 12.1 Å². The number of benzene rings is 1. The molecule has 6 nitrogen and oxygen atoms in total. The quantitative estimate of drug-likeness (QED) is 0.791. The number of nitrogens with one attached hydrogen (secondary N) is 2. The molecule has 1 saturated heterocycles. The van der Waals surface area contributed by atoms with Crippen molar-refractivity contribution in [1.29, 1.82) is 0 Å². The molecule has 134 valence electrons. The smallest absolute Gasteiger partial charge is 0.315 e. The van der Waals surface area contributed by atoms with Crippen LogP contribution >= 0.6 is 0 Å². The Labute approximate surface area is 142 Å². The number of morpholine rings is 1. The topological polar surface area (TPSA) is 62.8 Å². The van der Waals surface area contributed by atoms with Gasteiger partial charge in [0, 0.05) is 26.7 Å². The number of hydrogen-bond donors (Lipinski definition) is 2. The minimum absolute atomic E-state index is 0.0778. The van der Waals surface area contributed by atoms with Gasteiger partial charge in [0.25, 0.3) is 0 Å². The van der Waals surface area contributed by atoms with Crippen LogP contribution in [0, 0.1) is 5.82 Å². The molecule has 1 aromatic rings. The third-order valence-electron chi connectivity index (χ3n) is 3.97. The SMILES string of the molecule is COC[C@@H](C)NC(=O)NC[C@@H](c1cccc(F)c1)N1CCOCC1. The van der Waals surface area contributed by atoms with E-state index in [2.05, 4.69) is 15.5 Å². The number of halogens is 1. The van der Waals surface area contributed by atoms with Gasteiger partial charge in [0.15, 0.2) is 0 Å². The number of nitrogens with zero attached hydrogens (tertiary/aromatic N) is 1. The van der Waals surface area contributed by atoms with Crippen LogP contribution in [0.5, 0.6) is 0 Å². The van der Waals surface area contributed by atoms with E-state index in [1.54, 1.807) is 13.2 Å². The maximum Gasteiger partial charge on any atom is 0.315 e. The van der Waals surface area contributed by atoms with Gasteiger partial charge in [0.05, 0.1) is 31.9 Å². The molecular weight excluding hydrogens is 313 g/mol. The number of carbonyl (C=O) groups excluding carboxylic acids is 1. The molecule has 2 N–H and O–H groups in total. The summed E-state index contributed by atoms with van der Waals surface area (Å²) in [4.78, 5) is 14.2. The van der Waals surface area contributed by atoms with E-state index >= 15 is 0 Å². The summed E-state index contributed by atoms with van der Waals surface area (Å²) in [5, 5.41) is 5.69. The van der Waals surface area contributed by atoms with Crippen LogP contribution in [-0.4, -0.2) is 63.5 Å². The monoisotopic (exact) mass is 339 g/mol. The van der Waals surface area contributed by atoms with E-state index in [4.69, 9.17) is 9.47 Å². The third kappa shape index (κ3) is 5.74. The van der Waals surface area contributed by atoms with Crippen LogP contribution in [-0.2, 0) is 9.47 Å². The van der Waals surface area contributed by atoms with Gasteiger partial charge in [0.1, 0.15) is 5.82 Å². The normalized spacial score (nSPS) is 18.0. The number of carbonyl (C=O) groups is 1. The Bertz CT molecular complexity index is 524. The standard InChI is InChI=1S/C17H26FN3O3/c1-13(12-23-2)20-17(22)19-11-16(21-6-8-24-9-7-21)14-4-3-5-15(18)10-14/h3-5,10,13,16H,6-9,11-12H2,1-2H3,(H2,19,20,22)/t13-,16+/m1/s1. The fourth-order valence-corrected chi connectivity index (χ4v) is 2.82. The van der Waals surface area contributed by atoms with Gasteiger partial charge >= 0.3 is 6.03 Å². The summed E-state index contributed by atoms with van der Waals surface area (Å²) in [7, 11) is 1.59. The average molecular weight is 339 g/mol. The summed E-state index contributed by atoms with van der Waals surface area (Å²) in [5.74, 6) is -0.274. The molecule has 0 aliphatic carbocycles. The van der Waals surface area contributed by atoms with Gasteiger partial charge in [-0.15, -0.1) is 0 Å². The largest absolute Gasteiger partial charge is 0.383 e. The zero-order valence-electron chi connectivity index (χ0n) is 14.3. The van der Waals surface area contributed by atoms with E-state index in [9.17, 15) is 9.18 Å². The number of hydrogen-bond acceptors (Lipinski definition) is 4. The molecule has 0 aromatic heterocycles. The van der Waals surface area contributed by atoms with Gasteiger partial charge in [-0.3, -0.25) is 4.90 Å². The lowest BCUT2D eigenvalue weighted by Crippen LogP contribution is -2.47. The average Bonchev–Trinajstić information content (AvgIpc) is 2.56. The number of urea groups is 1. The van der Waals surface area contributed by atoms with Crippen molar-refractivity contribution < 1.29 is 18.7 Å². The zero-order valence-corrected chi connectivity index (χ0v) is 14.3. The predicted molar refractivity (Wildman–Crippen MR) is 89.4 cm³/mol. The molecule has 0 radical (unpaired) electrons. The first-order valence-electron chi connectivity index (χ1n) is 8.20. The van der Waals surface area contributed by atoms with Gasteiger partial charge in [-0.1, -0.05) is 12.1 Å². The molecule has 2 atom stereocenters. The summed E-state index contributed by atoms with van der Waals surface area (Å²) in [5.41, 5.74) is 0.849. The molecule has 7 heteroatoms. The summed E-state index contributed by atoms with van der Waals surface area (Å²) in [6.07, 6.45) is 0. The Balaban J connectivity index is 1.99. The highest BCUT2D eigenvalue weighted by Gasteiger charge is 2.23. The van der Waals surface area contributed by atoms with Crippen LogP contribution in [0.4, 0.5) is 9.18 Å². The Kier molecular flexibility index (Phi) is 7.42. The van der Waals surface area contributed by atoms with Gasteiger partial charge < -0.3 is 20.1 Å². The lowest BCUT2D eigenvalue weighted by Gasteiger charge is -2.35. The maximum atomic E-state index is 13.6. The van der Waals surface area contributed by atoms with Gasteiger partial charge in [0.2, 0.25) is 0 Å². The second-order valence-electron chi connectivity index (χ2n) is 5.93. The van der Waals surface area contributed by atoms with Crippen LogP contribution in [0.2, 0.25) is 0 Å². The van der Waals surface area contributed by atoms with E-state index in [1.807, 2.05) is 13.0 Å².